The number of carbonyl (C=O) groups excluding carboxylic acids is 4. The first kappa shape index (κ1) is 17.8. The Balaban J connectivity index is 1.74. The number of ketones is 1. The highest BCUT2D eigenvalue weighted by atomic mass is 16.4. The number of likely N-dealkylation sites (tertiary alicyclic amines) is 1. The van der Waals surface area contributed by atoms with Gasteiger partial charge in [0.25, 0.3) is 11.8 Å². The summed E-state index contributed by atoms with van der Waals surface area (Å²) in [5, 5.41) is 9.18. The van der Waals surface area contributed by atoms with E-state index in [4.69, 9.17) is 0 Å². The van der Waals surface area contributed by atoms with Crippen LogP contribution in [-0.4, -0.2) is 63.5 Å². The van der Waals surface area contributed by atoms with Crippen LogP contribution in [0.2, 0.25) is 0 Å². The molecule has 1 aromatic rings. The predicted octanol–water partition coefficient (Wildman–Crippen LogP) is 0.650. The number of fused-ring (bicyclic) bond motifs is 1. The molecule has 4 rings (SSSR count). The van der Waals surface area contributed by atoms with E-state index >= 15 is 0 Å². The Labute approximate surface area is 159 Å². The molecular formula is C20H16N2O6. The van der Waals surface area contributed by atoms with Gasteiger partial charge in [-0.3, -0.25) is 28.9 Å². The lowest BCUT2D eigenvalue weighted by molar-refractivity contribution is -0.150. The van der Waals surface area contributed by atoms with E-state index in [0.717, 1.165) is 9.80 Å². The van der Waals surface area contributed by atoms with Crippen molar-refractivity contribution in [1.29, 1.82) is 0 Å². The molecule has 2 heterocycles. The first-order chi connectivity index (χ1) is 13.3. The van der Waals surface area contributed by atoms with E-state index in [9.17, 15) is 29.1 Å². The largest absolute Gasteiger partial charge is 0.480 e. The lowest BCUT2D eigenvalue weighted by Gasteiger charge is -2.44. The van der Waals surface area contributed by atoms with E-state index < -0.39 is 41.7 Å². The molecule has 2 aliphatic heterocycles. The zero-order chi connectivity index (χ0) is 20.1. The summed E-state index contributed by atoms with van der Waals surface area (Å²) in [4.78, 5) is 63.5. The van der Waals surface area contributed by atoms with Crippen LogP contribution >= 0.6 is 0 Å². The number of hydrogen-bond acceptors (Lipinski definition) is 5. The van der Waals surface area contributed by atoms with Gasteiger partial charge in [-0.25, -0.2) is 0 Å². The van der Waals surface area contributed by atoms with Crippen molar-refractivity contribution in [2.45, 2.75) is 12.5 Å². The average Bonchev–Trinajstić information content (AvgIpc) is 2.92. The molecule has 0 radical (unpaired) electrons. The topological polar surface area (TPSA) is 112 Å². The lowest BCUT2D eigenvalue weighted by Crippen LogP contribution is -2.60. The highest BCUT2D eigenvalue weighted by Gasteiger charge is 2.50. The van der Waals surface area contributed by atoms with Crippen molar-refractivity contribution in [2.75, 3.05) is 13.1 Å². The maximum Gasteiger partial charge on any atom is 0.323 e. The molecule has 0 aromatic heterocycles. The molecular weight excluding hydrogens is 364 g/mol. The quantitative estimate of drug-likeness (QED) is 0.771. The van der Waals surface area contributed by atoms with Gasteiger partial charge in [-0.1, -0.05) is 24.3 Å². The Kier molecular flexibility index (Phi) is 3.99. The smallest absolute Gasteiger partial charge is 0.323 e. The Morgan fingerprint density at radius 1 is 1.04 bits per heavy atom. The van der Waals surface area contributed by atoms with Crippen LogP contribution in [0, 0.1) is 5.41 Å². The molecule has 1 aliphatic carbocycles. The van der Waals surface area contributed by atoms with E-state index in [1.54, 1.807) is 24.3 Å². The summed E-state index contributed by atoms with van der Waals surface area (Å²) >= 11 is 0. The Hall–Kier alpha value is -3.55. The molecule has 1 N–H and O–H groups in total. The summed E-state index contributed by atoms with van der Waals surface area (Å²) in [6.45, 7) is -0.506. The van der Waals surface area contributed by atoms with E-state index in [2.05, 4.69) is 0 Å². The number of carboxylic acids is 1. The van der Waals surface area contributed by atoms with Crippen molar-refractivity contribution in [1.82, 2.24) is 9.80 Å². The molecule has 0 saturated carbocycles. The number of benzene rings is 1. The summed E-state index contributed by atoms with van der Waals surface area (Å²) in [5.41, 5.74) is -0.388. The zero-order valence-corrected chi connectivity index (χ0v) is 14.7. The number of hydrogen-bond donors (Lipinski definition) is 1. The molecule has 3 amide bonds. The molecule has 1 aromatic carbocycles. The number of carbonyl (C=O) groups is 5. The van der Waals surface area contributed by atoms with Crippen molar-refractivity contribution in [3.8, 4) is 0 Å². The van der Waals surface area contributed by atoms with Crippen LogP contribution in [0.15, 0.2) is 48.6 Å². The van der Waals surface area contributed by atoms with Crippen molar-refractivity contribution >= 4 is 29.5 Å². The number of nitrogens with zero attached hydrogens (tertiary/aromatic N) is 2. The second-order valence-electron chi connectivity index (χ2n) is 7.14. The van der Waals surface area contributed by atoms with Crippen LogP contribution in [0.1, 0.15) is 27.1 Å². The molecule has 8 nitrogen and oxygen atoms in total. The molecule has 0 unspecified atom stereocenters. The first-order valence-electron chi connectivity index (χ1n) is 8.71. The highest BCUT2D eigenvalue weighted by molar-refractivity contribution is 6.23. The summed E-state index contributed by atoms with van der Waals surface area (Å²) in [6.07, 6.45) is 6.03. The number of rotatable bonds is 3. The standard InChI is InChI=1S/C20H16N2O6/c23-12-5-7-20(8-6-12)9-15(19(28)21(11-20)10-16(24)25)22-17(26)13-3-1-2-4-14(13)18(22)27/h1-8,15H,9-11H2,(H,24,25)/t15-/m0/s1. The third-order valence-electron chi connectivity index (χ3n) is 5.28. The molecule has 8 heteroatoms. The summed E-state index contributed by atoms with van der Waals surface area (Å²) in [5.74, 6) is -3.17. The van der Waals surface area contributed by atoms with Gasteiger partial charge < -0.3 is 10.0 Å². The van der Waals surface area contributed by atoms with E-state index in [1.165, 1.54) is 24.3 Å². The normalized spacial score (nSPS) is 22.9. The molecule has 28 heavy (non-hydrogen) atoms. The minimum absolute atomic E-state index is 0.0537. The molecule has 0 bridgehead atoms. The van der Waals surface area contributed by atoms with Crippen LogP contribution in [-0.2, 0) is 14.4 Å². The monoisotopic (exact) mass is 380 g/mol. The SMILES string of the molecule is O=C1C=CC2(C=C1)C[C@H](N1C(=O)c3ccccc3C1=O)C(=O)N(CC(=O)O)C2. The van der Waals surface area contributed by atoms with Crippen LogP contribution in [0.5, 0.6) is 0 Å². The fourth-order valence-electron chi connectivity index (χ4n) is 3.99. The van der Waals surface area contributed by atoms with Gasteiger partial charge in [-0.15, -0.1) is 0 Å². The van der Waals surface area contributed by atoms with Crippen molar-refractivity contribution in [3.05, 3.63) is 59.7 Å². The van der Waals surface area contributed by atoms with Gasteiger partial charge >= 0.3 is 5.97 Å². The predicted molar refractivity (Wildman–Crippen MR) is 95.3 cm³/mol. The molecule has 1 spiro atoms. The van der Waals surface area contributed by atoms with Gasteiger partial charge in [-0.05, 0) is 30.7 Å². The number of allylic oxidation sites excluding steroid dienone is 2. The van der Waals surface area contributed by atoms with E-state index in [-0.39, 0.29) is 29.9 Å². The van der Waals surface area contributed by atoms with Gasteiger partial charge in [0.15, 0.2) is 5.78 Å². The summed E-state index contributed by atoms with van der Waals surface area (Å²) in [7, 11) is 0. The van der Waals surface area contributed by atoms with Crippen molar-refractivity contribution < 1.29 is 29.1 Å². The third kappa shape index (κ3) is 2.74. The van der Waals surface area contributed by atoms with Crippen LogP contribution < -0.4 is 0 Å². The summed E-state index contributed by atoms with van der Waals surface area (Å²) < 4.78 is 0. The van der Waals surface area contributed by atoms with E-state index in [1.807, 2.05) is 0 Å². The van der Waals surface area contributed by atoms with Crippen LogP contribution in [0.25, 0.3) is 0 Å². The van der Waals surface area contributed by atoms with Crippen LogP contribution in [0.4, 0.5) is 0 Å². The van der Waals surface area contributed by atoms with Gasteiger partial charge in [0, 0.05) is 12.0 Å². The second-order valence-corrected chi connectivity index (χ2v) is 7.14. The number of piperidine rings is 1. The Morgan fingerprint density at radius 3 is 2.14 bits per heavy atom. The first-order valence-corrected chi connectivity index (χ1v) is 8.71. The van der Waals surface area contributed by atoms with Crippen molar-refractivity contribution in [2.24, 2.45) is 5.41 Å². The lowest BCUT2D eigenvalue weighted by atomic mass is 9.74. The third-order valence-corrected chi connectivity index (χ3v) is 5.28. The van der Waals surface area contributed by atoms with Gasteiger partial charge in [0.05, 0.1) is 11.1 Å². The minimum atomic E-state index is -1.20. The second kappa shape index (κ2) is 6.26. The molecule has 1 atom stereocenters. The fraction of sp³-hybridized carbons (Fsp3) is 0.250. The number of aliphatic carboxylic acids is 1. The fourth-order valence-corrected chi connectivity index (χ4v) is 3.99. The summed E-state index contributed by atoms with van der Waals surface area (Å²) in [6, 6.07) is 5.15. The highest BCUT2D eigenvalue weighted by Crippen LogP contribution is 2.39. The number of amides is 3. The van der Waals surface area contributed by atoms with E-state index in [0.29, 0.717) is 0 Å². The van der Waals surface area contributed by atoms with Gasteiger partial charge in [-0.2, -0.15) is 0 Å². The van der Waals surface area contributed by atoms with Crippen molar-refractivity contribution in [3.63, 3.8) is 0 Å². The minimum Gasteiger partial charge on any atom is -0.480 e. The average molecular weight is 380 g/mol. The maximum atomic E-state index is 13.0. The maximum absolute atomic E-state index is 13.0. The van der Waals surface area contributed by atoms with Gasteiger partial charge in [0.2, 0.25) is 5.91 Å². The molecule has 1 saturated heterocycles. The molecule has 142 valence electrons. The van der Waals surface area contributed by atoms with Gasteiger partial charge in [0.1, 0.15) is 12.6 Å². The number of imide groups is 1. The Morgan fingerprint density at radius 2 is 1.61 bits per heavy atom. The molecule has 3 aliphatic rings. The number of carboxylic acid groups (broad SMARTS) is 1. The zero-order valence-electron chi connectivity index (χ0n) is 14.7. The van der Waals surface area contributed by atoms with Crippen LogP contribution in [0.3, 0.4) is 0 Å². The Bertz CT molecular complexity index is 941. The molecule has 1 fully saturated rings.